The molecule has 0 bridgehead atoms. The highest BCUT2D eigenvalue weighted by Gasteiger charge is 2.10. The third kappa shape index (κ3) is 5.83. The Balaban J connectivity index is 2.57. The summed E-state index contributed by atoms with van der Waals surface area (Å²) in [6.45, 7) is 4.61. The van der Waals surface area contributed by atoms with E-state index in [-0.39, 0.29) is 17.6 Å². The van der Waals surface area contributed by atoms with Gasteiger partial charge in [-0.3, -0.25) is 0 Å². The van der Waals surface area contributed by atoms with Gasteiger partial charge in [0.1, 0.15) is 0 Å². The molecule has 0 aliphatic carbocycles. The Kier molecular flexibility index (Phi) is 6.17. The Morgan fingerprint density at radius 3 is 2.52 bits per heavy atom. The molecule has 0 aromatic heterocycles. The van der Waals surface area contributed by atoms with Gasteiger partial charge in [-0.2, -0.15) is 0 Å². The molecule has 0 heterocycles. The van der Waals surface area contributed by atoms with E-state index in [4.69, 9.17) is 5.11 Å². The predicted molar refractivity (Wildman–Crippen MR) is 82.9 cm³/mol. The summed E-state index contributed by atoms with van der Waals surface area (Å²) >= 11 is 0. The van der Waals surface area contributed by atoms with Gasteiger partial charge in [0.25, 0.3) is 0 Å². The quantitative estimate of drug-likeness (QED) is 0.750. The summed E-state index contributed by atoms with van der Waals surface area (Å²) in [7, 11) is 3.97. The predicted octanol–water partition coefficient (Wildman–Crippen LogP) is 2.15. The molecular weight excluding hydrogens is 270 g/mol. The van der Waals surface area contributed by atoms with Gasteiger partial charge in [-0.1, -0.05) is 0 Å². The minimum atomic E-state index is -0.980. The first kappa shape index (κ1) is 17.0. The summed E-state index contributed by atoms with van der Waals surface area (Å²) in [5.41, 5.74) is 1.53. The van der Waals surface area contributed by atoms with Crippen molar-refractivity contribution in [3.05, 3.63) is 29.3 Å². The lowest BCUT2D eigenvalue weighted by atomic mass is 10.1. The Hall–Kier alpha value is -2.08. The summed E-state index contributed by atoms with van der Waals surface area (Å²) < 4.78 is 0. The smallest absolute Gasteiger partial charge is 0.335 e. The average molecular weight is 293 g/mol. The zero-order valence-electron chi connectivity index (χ0n) is 12.9. The topological polar surface area (TPSA) is 81.7 Å². The number of rotatable bonds is 6. The largest absolute Gasteiger partial charge is 0.478 e. The van der Waals surface area contributed by atoms with Crippen LogP contribution in [0.5, 0.6) is 0 Å². The number of aryl methyl sites for hydroxylation is 1. The zero-order chi connectivity index (χ0) is 16.0. The highest BCUT2D eigenvalue weighted by molar-refractivity contribution is 5.92. The van der Waals surface area contributed by atoms with Crippen molar-refractivity contribution in [2.45, 2.75) is 26.3 Å². The van der Waals surface area contributed by atoms with Gasteiger partial charge in [-0.25, -0.2) is 9.59 Å². The number of carboxylic acid groups (broad SMARTS) is 1. The number of anilines is 1. The molecule has 0 aliphatic heterocycles. The van der Waals surface area contributed by atoms with Crippen LogP contribution in [0.1, 0.15) is 29.3 Å². The molecule has 21 heavy (non-hydrogen) atoms. The first-order valence-corrected chi connectivity index (χ1v) is 6.85. The van der Waals surface area contributed by atoms with Crippen LogP contribution in [0.3, 0.4) is 0 Å². The van der Waals surface area contributed by atoms with Gasteiger partial charge >= 0.3 is 12.0 Å². The summed E-state index contributed by atoms with van der Waals surface area (Å²) in [6.07, 6.45) is 0.858. The third-order valence-corrected chi connectivity index (χ3v) is 3.11. The van der Waals surface area contributed by atoms with Crippen molar-refractivity contribution in [1.29, 1.82) is 0 Å². The lowest BCUT2D eigenvalue weighted by molar-refractivity contribution is 0.0697. The van der Waals surface area contributed by atoms with Crippen molar-refractivity contribution in [2.75, 3.05) is 26.0 Å². The average Bonchev–Trinajstić information content (AvgIpc) is 2.38. The van der Waals surface area contributed by atoms with Crippen molar-refractivity contribution in [1.82, 2.24) is 10.2 Å². The van der Waals surface area contributed by atoms with Crippen molar-refractivity contribution in [3.8, 4) is 0 Å². The first-order chi connectivity index (χ1) is 9.79. The molecule has 0 saturated carbocycles. The van der Waals surface area contributed by atoms with Gasteiger partial charge in [0.05, 0.1) is 5.56 Å². The van der Waals surface area contributed by atoms with Crippen LogP contribution in [0.2, 0.25) is 0 Å². The molecule has 1 aromatic rings. The number of hydrogen-bond donors (Lipinski definition) is 3. The van der Waals surface area contributed by atoms with Gasteiger partial charge in [0.15, 0.2) is 0 Å². The molecule has 6 nitrogen and oxygen atoms in total. The second-order valence-corrected chi connectivity index (χ2v) is 5.43. The normalized spacial score (nSPS) is 12.0. The molecule has 1 atom stereocenters. The maximum atomic E-state index is 11.9. The number of carboxylic acids is 1. The van der Waals surface area contributed by atoms with Crippen LogP contribution in [0.25, 0.3) is 0 Å². The number of urea groups is 1. The minimum absolute atomic E-state index is 0.0611. The van der Waals surface area contributed by atoms with Gasteiger partial charge in [-0.05, 0) is 64.7 Å². The van der Waals surface area contributed by atoms with Crippen LogP contribution in [0, 0.1) is 6.92 Å². The number of benzene rings is 1. The summed E-state index contributed by atoms with van der Waals surface area (Å²) in [5.74, 6) is -0.980. The van der Waals surface area contributed by atoms with Crippen molar-refractivity contribution < 1.29 is 14.7 Å². The molecule has 0 saturated heterocycles. The number of nitrogens with one attached hydrogen (secondary N) is 2. The number of nitrogens with zero attached hydrogens (tertiary/aromatic N) is 1. The highest BCUT2D eigenvalue weighted by Crippen LogP contribution is 2.16. The maximum Gasteiger partial charge on any atom is 0.335 e. The Labute approximate surface area is 125 Å². The number of carbonyl (C=O) groups is 2. The van der Waals surface area contributed by atoms with Crippen molar-refractivity contribution >= 4 is 17.7 Å². The van der Waals surface area contributed by atoms with Crippen LogP contribution in [-0.2, 0) is 0 Å². The van der Waals surface area contributed by atoms with E-state index in [0.717, 1.165) is 13.0 Å². The maximum absolute atomic E-state index is 11.9. The Morgan fingerprint density at radius 2 is 2.00 bits per heavy atom. The second kappa shape index (κ2) is 7.64. The molecule has 6 heteroatoms. The summed E-state index contributed by atoms with van der Waals surface area (Å²) in [4.78, 5) is 24.8. The number of carbonyl (C=O) groups excluding carboxylic acids is 1. The molecule has 116 valence electrons. The van der Waals surface area contributed by atoms with E-state index in [1.807, 2.05) is 21.0 Å². The van der Waals surface area contributed by atoms with Crippen LogP contribution in [0.15, 0.2) is 18.2 Å². The molecule has 1 rings (SSSR count). The molecule has 3 N–H and O–H groups in total. The van der Waals surface area contributed by atoms with E-state index < -0.39 is 5.97 Å². The summed E-state index contributed by atoms with van der Waals surface area (Å²) in [5, 5.41) is 14.5. The van der Waals surface area contributed by atoms with E-state index in [9.17, 15) is 9.59 Å². The Morgan fingerprint density at radius 1 is 1.33 bits per heavy atom. The monoisotopic (exact) mass is 293 g/mol. The number of hydrogen-bond acceptors (Lipinski definition) is 3. The first-order valence-electron chi connectivity index (χ1n) is 6.85. The molecule has 0 aliphatic rings. The van der Waals surface area contributed by atoms with Crippen LogP contribution in [0.4, 0.5) is 10.5 Å². The van der Waals surface area contributed by atoms with Gasteiger partial charge in [-0.15, -0.1) is 0 Å². The lowest BCUT2D eigenvalue weighted by Crippen LogP contribution is -2.37. The van der Waals surface area contributed by atoms with Crippen LogP contribution < -0.4 is 10.6 Å². The Bertz CT molecular complexity index is 515. The van der Waals surface area contributed by atoms with Crippen molar-refractivity contribution in [3.63, 3.8) is 0 Å². The fourth-order valence-corrected chi connectivity index (χ4v) is 1.84. The fraction of sp³-hybridized carbons (Fsp3) is 0.467. The third-order valence-electron chi connectivity index (χ3n) is 3.11. The van der Waals surface area contributed by atoms with Gasteiger partial charge in [0, 0.05) is 11.7 Å². The molecule has 2 amide bonds. The van der Waals surface area contributed by atoms with E-state index in [1.165, 1.54) is 12.1 Å². The minimum Gasteiger partial charge on any atom is -0.478 e. The zero-order valence-corrected chi connectivity index (χ0v) is 12.9. The standard InChI is InChI=1S/C15H23N3O3/c1-10-9-12(14(19)20)5-6-13(10)17-15(21)16-11(2)7-8-18(3)4/h5-6,9,11H,7-8H2,1-4H3,(H,19,20)(H2,16,17,21). The highest BCUT2D eigenvalue weighted by atomic mass is 16.4. The van der Waals surface area contributed by atoms with E-state index >= 15 is 0 Å². The van der Waals surface area contributed by atoms with Crippen molar-refractivity contribution in [2.24, 2.45) is 0 Å². The van der Waals surface area contributed by atoms with Gasteiger partial charge in [0.2, 0.25) is 0 Å². The molecule has 0 radical (unpaired) electrons. The molecule has 1 aromatic carbocycles. The van der Waals surface area contributed by atoms with Crippen LogP contribution in [-0.4, -0.2) is 48.7 Å². The summed E-state index contributed by atoms with van der Waals surface area (Å²) in [6, 6.07) is 4.38. The fourth-order valence-electron chi connectivity index (χ4n) is 1.84. The number of amides is 2. The van der Waals surface area contributed by atoms with E-state index in [2.05, 4.69) is 15.5 Å². The van der Waals surface area contributed by atoms with E-state index in [0.29, 0.717) is 11.3 Å². The molecule has 0 fully saturated rings. The molecular formula is C15H23N3O3. The van der Waals surface area contributed by atoms with E-state index in [1.54, 1.807) is 13.0 Å². The molecule has 0 spiro atoms. The second-order valence-electron chi connectivity index (χ2n) is 5.43. The number of aromatic carboxylic acids is 1. The lowest BCUT2D eigenvalue weighted by Gasteiger charge is -2.17. The van der Waals surface area contributed by atoms with Crippen LogP contribution >= 0.6 is 0 Å². The molecule has 1 unspecified atom stereocenters. The SMILES string of the molecule is Cc1cc(C(=O)O)ccc1NC(=O)NC(C)CCN(C)C. The van der Waals surface area contributed by atoms with Gasteiger partial charge < -0.3 is 20.6 Å².